The molecular formula is C50H33N5. The van der Waals surface area contributed by atoms with E-state index in [0.717, 1.165) is 61.2 Å². The van der Waals surface area contributed by atoms with Crippen LogP contribution in [0.4, 0.5) is 17.3 Å². The van der Waals surface area contributed by atoms with E-state index in [-0.39, 0.29) is 0 Å². The molecular weight excluding hydrogens is 671 g/mol. The summed E-state index contributed by atoms with van der Waals surface area (Å²) in [4.78, 5) is 12.2. The predicted octanol–water partition coefficient (Wildman–Crippen LogP) is 13.0. The van der Waals surface area contributed by atoms with E-state index in [9.17, 15) is 0 Å². The zero-order valence-corrected chi connectivity index (χ0v) is 29.8. The summed E-state index contributed by atoms with van der Waals surface area (Å²) in [6, 6.07) is 66.9. The predicted molar refractivity (Wildman–Crippen MR) is 228 cm³/mol. The van der Waals surface area contributed by atoms with Crippen LogP contribution in [0, 0.1) is 0 Å². The third-order valence-electron chi connectivity index (χ3n) is 10.8. The van der Waals surface area contributed by atoms with Crippen molar-refractivity contribution >= 4 is 71.7 Å². The molecule has 0 saturated carbocycles. The van der Waals surface area contributed by atoms with Crippen LogP contribution >= 0.6 is 0 Å². The van der Waals surface area contributed by atoms with Gasteiger partial charge in [-0.15, -0.1) is 0 Å². The summed E-state index contributed by atoms with van der Waals surface area (Å²) in [5, 5.41) is 7.15. The van der Waals surface area contributed by atoms with Crippen LogP contribution in [0.1, 0.15) is 0 Å². The van der Waals surface area contributed by atoms with Gasteiger partial charge in [0.25, 0.3) is 0 Å². The van der Waals surface area contributed by atoms with E-state index < -0.39 is 0 Å². The zero-order chi connectivity index (χ0) is 36.3. The number of aromatic nitrogens is 4. The van der Waals surface area contributed by atoms with Crippen LogP contribution < -0.4 is 4.90 Å². The Morgan fingerprint density at radius 2 is 0.855 bits per heavy atom. The number of rotatable bonds is 6. The summed E-state index contributed by atoms with van der Waals surface area (Å²) in [5.74, 6) is 0.600. The average Bonchev–Trinajstić information content (AvgIpc) is 3.77. The summed E-state index contributed by atoms with van der Waals surface area (Å²) in [6.45, 7) is 0. The number of hydrogen-bond acceptors (Lipinski definition) is 3. The summed E-state index contributed by atoms with van der Waals surface area (Å²) < 4.78 is 4.72. The fourth-order valence-corrected chi connectivity index (χ4v) is 8.25. The Labute approximate surface area is 317 Å². The molecule has 11 aromatic rings. The van der Waals surface area contributed by atoms with Gasteiger partial charge in [0, 0.05) is 62.3 Å². The van der Waals surface area contributed by atoms with Gasteiger partial charge >= 0.3 is 0 Å². The van der Waals surface area contributed by atoms with Crippen molar-refractivity contribution < 1.29 is 0 Å². The molecule has 0 fully saturated rings. The largest absolute Gasteiger partial charge is 0.309 e. The van der Waals surface area contributed by atoms with E-state index in [1.807, 2.05) is 30.6 Å². The van der Waals surface area contributed by atoms with Gasteiger partial charge in [-0.3, -0.25) is 4.90 Å². The second-order valence-electron chi connectivity index (χ2n) is 13.9. The Morgan fingerprint density at radius 1 is 0.345 bits per heavy atom. The molecule has 0 atom stereocenters. The Bertz CT molecular complexity index is 3200. The molecule has 258 valence electrons. The molecule has 0 unspecified atom stereocenters. The number of anilines is 3. The molecule has 3 heterocycles. The Hall–Kier alpha value is -7.50. The Kier molecular flexibility index (Phi) is 7.10. The van der Waals surface area contributed by atoms with E-state index in [1.165, 1.54) is 27.1 Å². The Balaban J connectivity index is 1.13. The smallest absolute Gasteiger partial charge is 0.234 e. The van der Waals surface area contributed by atoms with Crippen LogP contribution in [0.2, 0.25) is 0 Å². The number of benzene rings is 8. The maximum absolute atomic E-state index is 5.03. The summed E-state index contributed by atoms with van der Waals surface area (Å²) in [6.07, 6.45) is 3.85. The SMILES string of the molecule is c1ccc(-c2cnc(N(c3ccc4c(c3)c3ccccc3n4-c3ccccc3)c3ccc4c(c3)c3ccccc3n4-c3ccc4ccccc4c3)nc2)cc1. The fourth-order valence-electron chi connectivity index (χ4n) is 8.25. The van der Waals surface area contributed by atoms with Gasteiger partial charge < -0.3 is 9.13 Å². The lowest BCUT2D eigenvalue weighted by atomic mass is 10.1. The first-order chi connectivity index (χ1) is 27.3. The monoisotopic (exact) mass is 703 g/mol. The molecule has 0 aliphatic carbocycles. The molecule has 0 spiro atoms. The molecule has 0 radical (unpaired) electrons. The van der Waals surface area contributed by atoms with Crippen LogP contribution in [0.3, 0.4) is 0 Å². The second-order valence-corrected chi connectivity index (χ2v) is 13.9. The van der Waals surface area contributed by atoms with Gasteiger partial charge in [-0.05, 0) is 89.1 Å². The molecule has 3 aromatic heterocycles. The van der Waals surface area contributed by atoms with Crippen molar-refractivity contribution in [3.63, 3.8) is 0 Å². The van der Waals surface area contributed by atoms with E-state index in [0.29, 0.717) is 5.95 Å². The number of para-hydroxylation sites is 3. The molecule has 8 aromatic carbocycles. The van der Waals surface area contributed by atoms with E-state index in [1.54, 1.807) is 0 Å². The zero-order valence-electron chi connectivity index (χ0n) is 29.8. The maximum Gasteiger partial charge on any atom is 0.234 e. The average molecular weight is 704 g/mol. The minimum absolute atomic E-state index is 0.600. The van der Waals surface area contributed by atoms with Gasteiger partial charge in [-0.1, -0.05) is 115 Å². The van der Waals surface area contributed by atoms with Gasteiger partial charge in [-0.25, -0.2) is 9.97 Å². The molecule has 5 heteroatoms. The summed E-state index contributed by atoms with van der Waals surface area (Å²) >= 11 is 0. The number of hydrogen-bond donors (Lipinski definition) is 0. The standard InChI is InChI=1S/C50H33N5/c1-3-13-34(14-4-1)37-32-51-50(52-33-37)53(40-25-27-48-44(30-40)42-19-9-11-21-46(42)54(48)38-17-5-2-6-18-38)41-26-28-49-45(31-41)43-20-10-12-22-47(43)55(49)39-24-23-35-15-7-8-16-36(35)29-39/h1-33H. The summed E-state index contributed by atoms with van der Waals surface area (Å²) in [5.41, 5.74) is 10.9. The van der Waals surface area contributed by atoms with Crippen LogP contribution in [0.5, 0.6) is 0 Å². The number of nitrogens with zero attached hydrogens (tertiary/aromatic N) is 5. The third-order valence-corrected chi connectivity index (χ3v) is 10.8. The molecule has 0 aliphatic heterocycles. The van der Waals surface area contributed by atoms with Crippen molar-refractivity contribution in [1.29, 1.82) is 0 Å². The highest BCUT2D eigenvalue weighted by Crippen LogP contribution is 2.41. The van der Waals surface area contributed by atoms with Crippen molar-refractivity contribution in [2.45, 2.75) is 0 Å². The highest BCUT2D eigenvalue weighted by molar-refractivity contribution is 6.12. The highest BCUT2D eigenvalue weighted by Gasteiger charge is 2.21. The van der Waals surface area contributed by atoms with Gasteiger partial charge in [0.05, 0.1) is 22.1 Å². The quantitative estimate of drug-likeness (QED) is 0.173. The molecule has 5 nitrogen and oxygen atoms in total. The van der Waals surface area contributed by atoms with Gasteiger partial charge in [0.15, 0.2) is 0 Å². The minimum atomic E-state index is 0.600. The van der Waals surface area contributed by atoms with Crippen molar-refractivity contribution in [2.24, 2.45) is 0 Å². The van der Waals surface area contributed by atoms with Crippen LogP contribution in [-0.2, 0) is 0 Å². The first-order valence-corrected chi connectivity index (χ1v) is 18.6. The lowest BCUT2D eigenvalue weighted by Crippen LogP contribution is -2.13. The molecule has 0 N–H and O–H groups in total. The van der Waals surface area contributed by atoms with E-state index in [4.69, 9.17) is 9.97 Å². The van der Waals surface area contributed by atoms with Gasteiger partial charge in [0.1, 0.15) is 0 Å². The molecule has 11 rings (SSSR count). The lowest BCUT2D eigenvalue weighted by molar-refractivity contribution is 1.08. The van der Waals surface area contributed by atoms with Crippen LogP contribution in [0.25, 0.3) is 76.9 Å². The normalized spacial score (nSPS) is 11.6. The molecule has 0 aliphatic rings. The van der Waals surface area contributed by atoms with Crippen LogP contribution in [-0.4, -0.2) is 19.1 Å². The Morgan fingerprint density at radius 3 is 1.49 bits per heavy atom. The topological polar surface area (TPSA) is 38.9 Å². The first kappa shape index (κ1) is 31.1. The summed E-state index contributed by atoms with van der Waals surface area (Å²) in [7, 11) is 0. The molecule has 0 amide bonds. The van der Waals surface area contributed by atoms with Crippen molar-refractivity contribution in [3.05, 3.63) is 200 Å². The fraction of sp³-hybridized carbons (Fsp3) is 0. The molecule has 55 heavy (non-hydrogen) atoms. The van der Waals surface area contributed by atoms with E-state index >= 15 is 0 Å². The second kappa shape index (κ2) is 12.6. The maximum atomic E-state index is 5.03. The van der Waals surface area contributed by atoms with Crippen molar-refractivity contribution in [3.8, 4) is 22.5 Å². The highest BCUT2D eigenvalue weighted by atomic mass is 15.3. The van der Waals surface area contributed by atoms with Crippen LogP contribution in [0.15, 0.2) is 200 Å². The van der Waals surface area contributed by atoms with Crippen molar-refractivity contribution in [1.82, 2.24) is 19.1 Å². The lowest BCUT2D eigenvalue weighted by Gasteiger charge is -2.24. The first-order valence-electron chi connectivity index (χ1n) is 18.6. The van der Waals surface area contributed by atoms with Crippen molar-refractivity contribution in [2.75, 3.05) is 4.90 Å². The van der Waals surface area contributed by atoms with Gasteiger partial charge in [0.2, 0.25) is 5.95 Å². The molecule has 0 saturated heterocycles. The van der Waals surface area contributed by atoms with E-state index in [2.05, 4.69) is 184 Å². The van der Waals surface area contributed by atoms with Gasteiger partial charge in [-0.2, -0.15) is 0 Å². The molecule has 0 bridgehead atoms. The minimum Gasteiger partial charge on any atom is -0.309 e. The third kappa shape index (κ3) is 5.09. The number of fused-ring (bicyclic) bond motifs is 7.